The number of thiophene rings is 1. The topological polar surface area (TPSA) is 51.1 Å². The van der Waals surface area contributed by atoms with E-state index in [1.807, 2.05) is 41.4 Å². The van der Waals surface area contributed by atoms with Crippen LogP contribution in [0, 0.1) is 0 Å². The summed E-state index contributed by atoms with van der Waals surface area (Å²) in [7, 11) is 0. The van der Waals surface area contributed by atoms with E-state index in [0.29, 0.717) is 0 Å². The second-order valence-corrected chi connectivity index (χ2v) is 9.10. The molecule has 27 heavy (non-hydrogen) atoms. The Labute approximate surface area is 167 Å². The largest absolute Gasteiger partial charge is 0.379 e. The molecule has 0 saturated carbocycles. The first-order valence-corrected chi connectivity index (χ1v) is 11.3. The second kappa shape index (κ2) is 7.83. The Kier molecular flexibility index (Phi) is 5.09. The lowest BCUT2D eigenvalue weighted by atomic mass is 10.2. The van der Waals surface area contributed by atoms with Gasteiger partial charge in [-0.15, -0.1) is 23.1 Å². The zero-order valence-corrected chi connectivity index (χ0v) is 16.8. The summed E-state index contributed by atoms with van der Waals surface area (Å²) in [5.74, 6) is 1.84. The molecule has 0 unspecified atom stereocenters. The normalized spacial score (nSPS) is 17.5. The van der Waals surface area contributed by atoms with Crippen LogP contribution < -0.4 is 0 Å². The summed E-state index contributed by atoms with van der Waals surface area (Å²) in [6.07, 6.45) is 7.27. The van der Waals surface area contributed by atoms with Crippen LogP contribution in [0.25, 0.3) is 21.6 Å². The molecule has 0 atom stereocenters. The maximum absolute atomic E-state index is 5.45. The molecule has 0 spiro atoms. The standard InChI is InChI=1S/C20H22N4OS2/c1-4-15-16(5-1)27-20-17(15)19(26-12-9-24-7-10-25-11-8-24)22-18(23-20)14-3-2-6-21-13-14/h2-3,6,13H,1,4-5,7-12H2. The second-order valence-electron chi connectivity index (χ2n) is 6.93. The molecule has 0 amide bonds. The van der Waals surface area contributed by atoms with E-state index in [2.05, 4.69) is 9.88 Å². The molecule has 5 rings (SSSR count). The fraction of sp³-hybridized carbons (Fsp3) is 0.450. The summed E-state index contributed by atoms with van der Waals surface area (Å²) in [6.45, 7) is 4.86. The van der Waals surface area contributed by atoms with Gasteiger partial charge in [0.25, 0.3) is 0 Å². The molecule has 1 fully saturated rings. The van der Waals surface area contributed by atoms with Crippen LogP contribution >= 0.6 is 23.1 Å². The number of fused-ring (bicyclic) bond motifs is 3. The smallest absolute Gasteiger partial charge is 0.163 e. The Morgan fingerprint density at radius 1 is 1.19 bits per heavy atom. The average Bonchev–Trinajstić information content (AvgIpc) is 3.30. The number of aryl methyl sites for hydroxylation is 2. The fourth-order valence-electron chi connectivity index (χ4n) is 3.79. The van der Waals surface area contributed by atoms with Crippen molar-refractivity contribution in [1.82, 2.24) is 19.9 Å². The maximum Gasteiger partial charge on any atom is 0.163 e. The van der Waals surface area contributed by atoms with Crippen LogP contribution in [-0.4, -0.2) is 58.5 Å². The van der Waals surface area contributed by atoms with Crippen LogP contribution in [0.2, 0.25) is 0 Å². The van der Waals surface area contributed by atoms with Crippen molar-refractivity contribution in [2.45, 2.75) is 24.3 Å². The van der Waals surface area contributed by atoms with Crippen LogP contribution in [0.5, 0.6) is 0 Å². The molecule has 7 heteroatoms. The van der Waals surface area contributed by atoms with Crippen LogP contribution in [0.15, 0.2) is 29.6 Å². The first-order chi connectivity index (χ1) is 13.4. The molecular weight excluding hydrogens is 376 g/mol. The van der Waals surface area contributed by atoms with Crippen molar-refractivity contribution in [3.8, 4) is 11.4 Å². The van der Waals surface area contributed by atoms with Gasteiger partial charge in [0.15, 0.2) is 5.82 Å². The van der Waals surface area contributed by atoms with Crippen molar-refractivity contribution in [2.24, 2.45) is 0 Å². The highest BCUT2D eigenvalue weighted by Crippen LogP contribution is 2.41. The molecule has 0 aromatic carbocycles. The lowest BCUT2D eigenvalue weighted by Gasteiger charge is -2.26. The quantitative estimate of drug-likeness (QED) is 0.483. The number of thioether (sulfide) groups is 1. The van der Waals surface area contributed by atoms with Gasteiger partial charge < -0.3 is 4.74 Å². The molecule has 3 aromatic heterocycles. The van der Waals surface area contributed by atoms with Gasteiger partial charge in [0, 0.05) is 53.6 Å². The minimum Gasteiger partial charge on any atom is -0.379 e. The Balaban J connectivity index is 1.46. The van der Waals surface area contributed by atoms with E-state index in [9.17, 15) is 0 Å². The molecule has 1 aliphatic heterocycles. The Morgan fingerprint density at radius 3 is 2.96 bits per heavy atom. The Morgan fingerprint density at radius 2 is 2.11 bits per heavy atom. The Bertz CT molecular complexity index is 938. The van der Waals surface area contributed by atoms with E-state index in [0.717, 1.165) is 59.8 Å². The maximum atomic E-state index is 5.45. The SMILES string of the molecule is c1cncc(-c2nc(SCCN3CCOCC3)c3c4c(sc3n2)CCC4)c1. The van der Waals surface area contributed by atoms with Crippen molar-refractivity contribution in [1.29, 1.82) is 0 Å². The molecule has 2 aliphatic rings. The lowest BCUT2D eigenvalue weighted by Crippen LogP contribution is -2.37. The van der Waals surface area contributed by atoms with Gasteiger partial charge in [0.2, 0.25) is 0 Å². The lowest BCUT2D eigenvalue weighted by molar-refractivity contribution is 0.0410. The molecule has 0 radical (unpaired) electrons. The van der Waals surface area contributed by atoms with Gasteiger partial charge in [-0.05, 0) is 37.0 Å². The zero-order chi connectivity index (χ0) is 18.1. The molecule has 0 bridgehead atoms. The average molecular weight is 399 g/mol. The van der Waals surface area contributed by atoms with Gasteiger partial charge in [-0.3, -0.25) is 9.88 Å². The third-order valence-electron chi connectivity index (χ3n) is 5.20. The predicted octanol–water partition coefficient (Wildman–Crippen LogP) is 3.67. The fourth-order valence-corrected chi connectivity index (χ4v) is 6.17. The molecular formula is C20H22N4OS2. The summed E-state index contributed by atoms with van der Waals surface area (Å²) in [6, 6.07) is 3.99. The van der Waals surface area contributed by atoms with Gasteiger partial charge in [0.05, 0.1) is 13.2 Å². The highest BCUT2D eigenvalue weighted by atomic mass is 32.2. The van der Waals surface area contributed by atoms with Crippen molar-refractivity contribution < 1.29 is 4.74 Å². The van der Waals surface area contributed by atoms with Crippen LogP contribution in [-0.2, 0) is 17.6 Å². The number of rotatable bonds is 5. The van der Waals surface area contributed by atoms with Gasteiger partial charge in [-0.1, -0.05) is 0 Å². The number of hydrogen-bond acceptors (Lipinski definition) is 7. The molecule has 1 aliphatic carbocycles. The van der Waals surface area contributed by atoms with Crippen molar-refractivity contribution in [3.63, 3.8) is 0 Å². The molecule has 140 valence electrons. The molecule has 0 N–H and O–H groups in total. The first-order valence-electron chi connectivity index (χ1n) is 9.54. The monoisotopic (exact) mass is 398 g/mol. The van der Waals surface area contributed by atoms with Crippen molar-refractivity contribution in [3.05, 3.63) is 35.0 Å². The van der Waals surface area contributed by atoms with E-state index >= 15 is 0 Å². The number of pyridine rings is 1. The predicted molar refractivity (Wildman–Crippen MR) is 111 cm³/mol. The van der Waals surface area contributed by atoms with E-state index in [1.165, 1.54) is 35.1 Å². The zero-order valence-electron chi connectivity index (χ0n) is 15.2. The van der Waals surface area contributed by atoms with Crippen LogP contribution in [0.1, 0.15) is 16.9 Å². The third kappa shape index (κ3) is 3.61. The van der Waals surface area contributed by atoms with Gasteiger partial charge in [-0.25, -0.2) is 9.97 Å². The number of aromatic nitrogens is 3. The van der Waals surface area contributed by atoms with Crippen molar-refractivity contribution >= 4 is 33.3 Å². The van der Waals surface area contributed by atoms with E-state index < -0.39 is 0 Å². The number of nitrogens with zero attached hydrogens (tertiary/aromatic N) is 4. The van der Waals surface area contributed by atoms with E-state index in [-0.39, 0.29) is 0 Å². The number of morpholine rings is 1. The highest BCUT2D eigenvalue weighted by Gasteiger charge is 2.23. The molecule has 5 nitrogen and oxygen atoms in total. The summed E-state index contributed by atoms with van der Waals surface area (Å²) in [5, 5.41) is 2.46. The van der Waals surface area contributed by atoms with Crippen LogP contribution in [0.4, 0.5) is 0 Å². The number of ether oxygens (including phenoxy) is 1. The van der Waals surface area contributed by atoms with Gasteiger partial charge in [-0.2, -0.15) is 0 Å². The highest BCUT2D eigenvalue weighted by molar-refractivity contribution is 7.99. The van der Waals surface area contributed by atoms with Crippen LogP contribution in [0.3, 0.4) is 0 Å². The minimum atomic E-state index is 0.796. The summed E-state index contributed by atoms with van der Waals surface area (Å²) >= 11 is 3.73. The minimum absolute atomic E-state index is 0.796. The summed E-state index contributed by atoms with van der Waals surface area (Å²) in [5.41, 5.74) is 2.49. The third-order valence-corrected chi connectivity index (χ3v) is 7.34. The van der Waals surface area contributed by atoms with Gasteiger partial charge >= 0.3 is 0 Å². The first kappa shape index (κ1) is 17.6. The summed E-state index contributed by atoms with van der Waals surface area (Å²) < 4.78 is 5.45. The molecule has 4 heterocycles. The van der Waals surface area contributed by atoms with E-state index in [1.54, 1.807) is 6.20 Å². The molecule has 1 saturated heterocycles. The molecule has 3 aromatic rings. The van der Waals surface area contributed by atoms with Crippen molar-refractivity contribution in [2.75, 3.05) is 38.6 Å². The number of hydrogen-bond donors (Lipinski definition) is 0. The summed E-state index contributed by atoms with van der Waals surface area (Å²) in [4.78, 5) is 19.2. The van der Waals surface area contributed by atoms with E-state index in [4.69, 9.17) is 14.7 Å². The Hall–Kier alpha value is -1.54. The van der Waals surface area contributed by atoms with Gasteiger partial charge in [0.1, 0.15) is 9.86 Å².